The van der Waals surface area contributed by atoms with Gasteiger partial charge in [0.15, 0.2) is 0 Å². The fraction of sp³-hybridized carbons (Fsp3) is 0.333. The average Bonchev–Trinajstić information content (AvgIpc) is 2.71. The zero-order valence-electron chi connectivity index (χ0n) is 9.06. The molecule has 0 saturated carbocycles. The van der Waals surface area contributed by atoms with Crippen molar-refractivity contribution in [3.8, 4) is 6.07 Å². The van der Waals surface area contributed by atoms with Gasteiger partial charge in [-0.2, -0.15) is 5.26 Å². The molecule has 0 spiro atoms. The largest absolute Gasteiger partial charge is 0.396 e. The summed E-state index contributed by atoms with van der Waals surface area (Å²) in [4.78, 5) is 13.4. The number of aliphatic hydroxyl groups excluding tert-OH is 1. The number of nitrogens with zero attached hydrogens (tertiary/aromatic N) is 2. The maximum absolute atomic E-state index is 11.7. The van der Waals surface area contributed by atoms with Crippen LogP contribution in [-0.4, -0.2) is 24.2 Å². The molecule has 0 aromatic heterocycles. The highest BCUT2D eigenvalue weighted by Crippen LogP contribution is 2.28. The zero-order chi connectivity index (χ0) is 12.4. The number of hydrogen-bond acceptors (Lipinski definition) is 3. The SMILES string of the molecule is N#Cc1cc(N2CC(CO)CC2=O)ccc1Br. The third kappa shape index (κ3) is 2.33. The molecule has 1 N–H and O–H groups in total. The van der Waals surface area contributed by atoms with E-state index in [4.69, 9.17) is 10.4 Å². The first-order valence-corrected chi connectivity index (χ1v) is 6.06. The van der Waals surface area contributed by atoms with Crippen LogP contribution in [0.3, 0.4) is 0 Å². The van der Waals surface area contributed by atoms with E-state index in [0.29, 0.717) is 28.7 Å². The Labute approximate surface area is 108 Å². The molecule has 1 heterocycles. The zero-order valence-corrected chi connectivity index (χ0v) is 10.6. The van der Waals surface area contributed by atoms with Crippen LogP contribution in [0.2, 0.25) is 0 Å². The highest BCUT2D eigenvalue weighted by Gasteiger charge is 2.30. The summed E-state index contributed by atoms with van der Waals surface area (Å²) >= 11 is 3.27. The predicted octanol–water partition coefficient (Wildman–Crippen LogP) is 1.67. The predicted molar refractivity (Wildman–Crippen MR) is 66.4 cm³/mol. The summed E-state index contributed by atoms with van der Waals surface area (Å²) in [5.74, 6) is -0.00746. The van der Waals surface area contributed by atoms with Crippen molar-refractivity contribution < 1.29 is 9.90 Å². The minimum atomic E-state index is -0.00439. The third-order valence-electron chi connectivity index (χ3n) is 2.85. The van der Waals surface area contributed by atoms with Crippen molar-refractivity contribution in [1.82, 2.24) is 0 Å². The van der Waals surface area contributed by atoms with E-state index in [1.54, 1.807) is 23.1 Å². The highest BCUT2D eigenvalue weighted by molar-refractivity contribution is 9.10. The van der Waals surface area contributed by atoms with Gasteiger partial charge in [-0.05, 0) is 34.1 Å². The van der Waals surface area contributed by atoms with E-state index in [0.717, 1.165) is 0 Å². The molecule has 5 heteroatoms. The van der Waals surface area contributed by atoms with Crippen LogP contribution in [-0.2, 0) is 4.79 Å². The Hall–Kier alpha value is -1.38. The molecule has 88 valence electrons. The van der Waals surface area contributed by atoms with Gasteiger partial charge in [-0.25, -0.2) is 0 Å². The van der Waals surface area contributed by atoms with E-state index in [2.05, 4.69) is 22.0 Å². The van der Waals surface area contributed by atoms with Crippen LogP contribution in [0.4, 0.5) is 5.69 Å². The van der Waals surface area contributed by atoms with E-state index in [1.807, 2.05) is 0 Å². The number of benzene rings is 1. The lowest BCUT2D eigenvalue weighted by Gasteiger charge is -2.16. The smallest absolute Gasteiger partial charge is 0.227 e. The molecule has 1 aliphatic heterocycles. The normalized spacial score (nSPS) is 19.5. The topological polar surface area (TPSA) is 64.3 Å². The van der Waals surface area contributed by atoms with Crippen LogP contribution in [0.15, 0.2) is 22.7 Å². The van der Waals surface area contributed by atoms with Crippen molar-refractivity contribution in [2.24, 2.45) is 5.92 Å². The molecule has 1 atom stereocenters. The van der Waals surface area contributed by atoms with Crippen molar-refractivity contribution in [3.05, 3.63) is 28.2 Å². The van der Waals surface area contributed by atoms with Gasteiger partial charge in [0.1, 0.15) is 6.07 Å². The maximum Gasteiger partial charge on any atom is 0.227 e. The Morgan fingerprint density at radius 1 is 1.59 bits per heavy atom. The van der Waals surface area contributed by atoms with Crippen LogP contribution < -0.4 is 4.90 Å². The van der Waals surface area contributed by atoms with Gasteiger partial charge in [0.25, 0.3) is 0 Å². The lowest BCUT2D eigenvalue weighted by Crippen LogP contribution is -2.24. The lowest BCUT2D eigenvalue weighted by atomic mass is 10.1. The summed E-state index contributed by atoms with van der Waals surface area (Å²) in [5, 5.41) is 18.0. The molecular weight excluding hydrogens is 284 g/mol. The first kappa shape index (κ1) is 12.1. The van der Waals surface area contributed by atoms with Gasteiger partial charge in [-0.3, -0.25) is 4.79 Å². The molecule has 1 amide bonds. The molecule has 1 aromatic carbocycles. The minimum Gasteiger partial charge on any atom is -0.396 e. The van der Waals surface area contributed by atoms with Crippen molar-refractivity contribution >= 4 is 27.5 Å². The fourth-order valence-electron chi connectivity index (χ4n) is 1.92. The standard InChI is InChI=1S/C12H11BrN2O2/c13-11-2-1-10(4-9(11)5-14)15-6-8(7-16)3-12(15)17/h1-2,4,8,16H,3,6-7H2. The van der Waals surface area contributed by atoms with Gasteiger partial charge in [0.2, 0.25) is 5.91 Å². The van der Waals surface area contributed by atoms with Crippen LogP contribution >= 0.6 is 15.9 Å². The molecule has 0 aliphatic carbocycles. The quantitative estimate of drug-likeness (QED) is 0.902. The molecule has 0 bridgehead atoms. The summed E-state index contributed by atoms with van der Waals surface area (Å²) in [6, 6.07) is 7.30. The average molecular weight is 295 g/mol. The fourth-order valence-corrected chi connectivity index (χ4v) is 2.26. The first-order chi connectivity index (χ1) is 8.15. The van der Waals surface area contributed by atoms with Crippen molar-refractivity contribution in [2.45, 2.75) is 6.42 Å². The van der Waals surface area contributed by atoms with E-state index < -0.39 is 0 Å². The molecule has 1 aromatic rings. The van der Waals surface area contributed by atoms with Crippen LogP contribution in [0.25, 0.3) is 0 Å². The number of hydrogen-bond donors (Lipinski definition) is 1. The van der Waals surface area contributed by atoms with Gasteiger partial charge >= 0.3 is 0 Å². The van der Waals surface area contributed by atoms with Gasteiger partial charge in [-0.1, -0.05) is 0 Å². The number of amides is 1. The summed E-state index contributed by atoms with van der Waals surface area (Å²) in [6.07, 6.45) is 0.369. The van der Waals surface area contributed by atoms with Crippen LogP contribution in [0.1, 0.15) is 12.0 Å². The lowest BCUT2D eigenvalue weighted by molar-refractivity contribution is -0.117. The second-order valence-corrected chi connectivity index (χ2v) is 4.89. The Morgan fingerprint density at radius 2 is 2.35 bits per heavy atom. The Bertz CT molecular complexity index is 496. The van der Waals surface area contributed by atoms with Gasteiger partial charge in [0.05, 0.1) is 5.56 Å². The molecule has 17 heavy (non-hydrogen) atoms. The summed E-state index contributed by atoms with van der Waals surface area (Å²) in [5.41, 5.74) is 1.22. The number of carbonyl (C=O) groups excluding carboxylic acids is 1. The van der Waals surface area contributed by atoms with E-state index in [-0.39, 0.29) is 18.4 Å². The number of nitriles is 1. The summed E-state index contributed by atoms with van der Waals surface area (Å²) in [7, 11) is 0. The molecule has 1 unspecified atom stereocenters. The summed E-state index contributed by atoms with van der Waals surface area (Å²) in [6.45, 7) is 0.533. The highest BCUT2D eigenvalue weighted by atomic mass is 79.9. The summed E-state index contributed by atoms with van der Waals surface area (Å²) < 4.78 is 0.717. The van der Waals surface area contributed by atoms with Gasteiger partial charge < -0.3 is 10.0 Å². The van der Waals surface area contributed by atoms with Crippen LogP contribution in [0, 0.1) is 17.2 Å². The second-order valence-electron chi connectivity index (χ2n) is 4.03. The second kappa shape index (κ2) is 4.86. The number of anilines is 1. The van der Waals surface area contributed by atoms with E-state index in [9.17, 15) is 4.79 Å². The maximum atomic E-state index is 11.7. The van der Waals surface area contributed by atoms with Gasteiger partial charge in [-0.15, -0.1) is 0 Å². The van der Waals surface area contributed by atoms with Crippen LogP contribution in [0.5, 0.6) is 0 Å². The van der Waals surface area contributed by atoms with E-state index >= 15 is 0 Å². The molecule has 1 saturated heterocycles. The Morgan fingerprint density at radius 3 is 2.94 bits per heavy atom. The molecule has 0 radical (unpaired) electrons. The number of aliphatic hydroxyl groups is 1. The van der Waals surface area contributed by atoms with E-state index in [1.165, 1.54) is 0 Å². The number of carbonyl (C=O) groups is 1. The van der Waals surface area contributed by atoms with Crippen molar-refractivity contribution in [3.63, 3.8) is 0 Å². The minimum absolute atomic E-state index is 0.00307. The van der Waals surface area contributed by atoms with Gasteiger partial charge in [0, 0.05) is 35.7 Å². The molecule has 4 nitrogen and oxygen atoms in total. The van der Waals surface area contributed by atoms with Crippen molar-refractivity contribution in [2.75, 3.05) is 18.1 Å². The molecular formula is C12H11BrN2O2. The number of rotatable bonds is 2. The third-order valence-corrected chi connectivity index (χ3v) is 3.54. The first-order valence-electron chi connectivity index (χ1n) is 5.26. The number of halogens is 1. The molecule has 1 fully saturated rings. The molecule has 2 rings (SSSR count). The molecule has 1 aliphatic rings. The monoisotopic (exact) mass is 294 g/mol. The van der Waals surface area contributed by atoms with Crippen molar-refractivity contribution in [1.29, 1.82) is 5.26 Å². The Balaban J connectivity index is 2.30. The Kier molecular flexibility index (Phi) is 3.46.